The number of rotatable bonds is 3. The van der Waals surface area contributed by atoms with Crippen LogP contribution < -0.4 is 5.32 Å². The molecule has 4 heteroatoms. The zero-order valence-corrected chi connectivity index (χ0v) is 9.37. The van der Waals surface area contributed by atoms with Crippen LogP contribution in [-0.4, -0.2) is 49.2 Å². The maximum absolute atomic E-state index is 12.1. The molecule has 1 amide bonds. The van der Waals surface area contributed by atoms with E-state index in [2.05, 4.69) is 5.32 Å². The monoisotopic (exact) mass is 212 g/mol. The summed E-state index contributed by atoms with van der Waals surface area (Å²) in [5.41, 5.74) is 0. The number of hydrogen-bond donors (Lipinski definition) is 1. The molecule has 2 aliphatic heterocycles. The van der Waals surface area contributed by atoms with Crippen LogP contribution in [0.25, 0.3) is 0 Å². The molecule has 86 valence electrons. The lowest BCUT2D eigenvalue weighted by molar-refractivity contribution is -0.142. The fourth-order valence-electron chi connectivity index (χ4n) is 2.46. The van der Waals surface area contributed by atoms with Gasteiger partial charge in [-0.05, 0) is 32.7 Å². The number of amides is 1. The summed E-state index contributed by atoms with van der Waals surface area (Å²) in [7, 11) is 0. The molecular formula is C11H20N2O2. The van der Waals surface area contributed by atoms with Gasteiger partial charge in [0.2, 0.25) is 0 Å². The second kappa shape index (κ2) is 4.94. The van der Waals surface area contributed by atoms with Crippen LogP contribution in [0.3, 0.4) is 0 Å². The number of likely N-dealkylation sites (N-methyl/N-ethyl adjacent to an activating group) is 1. The van der Waals surface area contributed by atoms with Crippen molar-refractivity contribution in [3.63, 3.8) is 0 Å². The quantitative estimate of drug-likeness (QED) is 0.735. The van der Waals surface area contributed by atoms with Gasteiger partial charge in [0.15, 0.2) is 0 Å². The van der Waals surface area contributed by atoms with E-state index < -0.39 is 0 Å². The van der Waals surface area contributed by atoms with Crippen LogP contribution in [-0.2, 0) is 9.53 Å². The van der Waals surface area contributed by atoms with E-state index in [4.69, 9.17) is 4.74 Å². The van der Waals surface area contributed by atoms with Gasteiger partial charge < -0.3 is 15.0 Å². The van der Waals surface area contributed by atoms with Crippen molar-refractivity contribution in [1.82, 2.24) is 10.2 Å². The third kappa shape index (κ3) is 2.32. The van der Waals surface area contributed by atoms with E-state index in [1.54, 1.807) is 0 Å². The fraction of sp³-hybridized carbons (Fsp3) is 0.909. The van der Waals surface area contributed by atoms with Crippen LogP contribution in [0.2, 0.25) is 0 Å². The van der Waals surface area contributed by atoms with Crippen molar-refractivity contribution in [1.29, 1.82) is 0 Å². The SMILES string of the molecule is CCN(C(=O)[C@@H]1CCCO1)C1CCNC1. The smallest absolute Gasteiger partial charge is 0.251 e. The van der Waals surface area contributed by atoms with Gasteiger partial charge in [0.1, 0.15) is 6.10 Å². The highest BCUT2D eigenvalue weighted by atomic mass is 16.5. The number of nitrogens with one attached hydrogen (secondary N) is 1. The van der Waals surface area contributed by atoms with Gasteiger partial charge >= 0.3 is 0 Å². The minimum atomic E-state index is -0.162. The molecule has 0 saturated carbocycles. The zero-order chi connectivity index (χ0) is 10.7. The van der Waals surface area contributed by atoms with Gasteiger partial charge in [-0.1, -0.05) is 0 Å². The van der Waals surface area contributed by atoms with Crippen molar-refractivity contribution in [2.45, 2.75) is 38.3 Å². The average Bonchev–Trinajstić information content (AvgIpc) is 2.91. The Morgan fingerprint density at radius 3 is 2.93 bits per heavy atom. The lowest BCUT2D eigenvalue weighted by Gasteiger charge is -2.29. The summed E-state index contributed by atoms with van der Waals surface area (Å²) < 4.78 is 5.45. The number of nitrogens with zero attached hydrogens (tertiary/aromatic N) is 1. The van der Waals surface area contributed by atoms with Crippen molar-refractivity contribution in [3.8, 4) is 0 Å². The van der Waals surface area contributed by atoms with Crippen LogP contribution >= 0.6 is 0 Å². The highest BCUT2D eigenvalue weighted by molar-refractivity contribution is 5.81. The van der Waals surface area contributed by atoms with E-state index in [0.717, 1.165) is 45.5 Å². The number of carbonyl (C=O) groups excluding carboxylic acids is 1. The predicted molar refractivity (Wildman–Crippen MR) is 57.6 cm³/mol. The minimum absolute atomic E-state index is 0.162. The standard InChI is InChI=1S/C11H20N2O2/c1-2-13(9-5-6-12-8-9)11(14)10-4-3-7-15-10/h9-10,12H,2-8H2,1H3/t9?,10-/m0/s1. The van der Waals surface area contributed by atoms with Crippen LogP contribution in [0.15, 0.2) is 0 Å². The Balaban J connectivity index is 1.95. The Labute approximate surface area is 91.0 Å². The summed E-state index contributed by atoms with van der Waals surface area (Å²) in [6.45, 7) is 5.55. The van der Waals surface area contributed by atoms with Gasteiger partial charge in [0.05, 0.1) is 0 Å². The number of ether oxygens (including phenoxy) is 1. The molecule has 0 aromatic rings. The molecule has 0 aromatic carbocycles. The van der Waals surface area contributed by atoms with Gasteiger partial charge in [-0.2, -0.15) is 0 Å². The molecule has 1 unspecified atom stereocenters. The van der Waals surface area contributed by atoms with E-state index in [0.29, 0.717) is 6.04 Å². The molecule has 2 aliphatic rings. The fourth-order valence-corrected chi connectivity index (χ4v) is 2.46. The molecule has 0 bridgehead atoms. The molecule has 2 atom stereocenters. The minimum Gasteiger partial charge on any atom is -0.368 e. The molecule has 0 spiro atoms. The first-order chi connectivity index (χ1) is 7.33. The molecule has 0 radical (unpaired) electrons. The van der Waals surface area contributed by atoms with Crippen molar-refractivity contribution in [2.75, 3.05) is 26.2 Å². The first kappa shape index (κ1) is 10.9. The molecule has 0 aliphatic carbocycles. The summed E-state index contributed by atoms with van der Waals surface area (Å²) in [5, 5.41) is 3.30. The van der Waals surface area contributed by atoms with Gasteiger partial charge in [-0.25, -0.2) is 0 Å². The lowest BCUT2D eigenvalue weighted by atomic mass is 10.1. The van der Waals surface area contributed by atoms with Crippen molar-refractivity contribution in [2.24, 2.45) is 0 Å². The maximum Gasteiger partial charge on any atom is 0.251 e. The summed E-state index contributed by atoms with van der Waals surface area (Å²) in [5.74, 6) is 0.198. The zero-order valence-electron chi connectivity index (χ0n) is 9.37. The molecule has 4 nitrogen and oxygen atoms in total. The second-order valence-corrected chi connectivity index (χ2v) is 4.27. The van der Waals surface area contributed by atoms with Crippen molar-refractivity contribution in [3.05, 3.63) is 0 Å². The third-order valence-electron chi connectivity index (χ3n) is 3.30. The van der Waals surface area contributed by atoms with Crippen LogP contribution in [0.5, 0.6) is 0 Å². The molecule has 2 rings (SSSR count). The Hall–Kier alpha value is -0.610. The number of carbonyl (C=O) groups is 1. The lowest BCUT2D eigenvalue weighted by Crippen LogP contribution is -2.46. The average molecular weight is 212 g/mol. The van der Waals surface area contributed by atoms with E-state index in [9.17, 15) is 4.79 Å². The Kier molecular flexibility index (Phi) is 3.59. The Morgan fingerprint density at radius 2 is 2.40 bits per heavy atom. The summed E-state index contributed by atoms with van der Waals surface area (Å²) >= 11 is 0. The predicted octanol–water partition coefficient (Wildman–Crippen LogP) is 0.376. The molecule has 0 aromatic heterocycles. The molecule has 2 heterocycles. The first-order valence-corrected chi connectivity index (χ1v) is 5.95. The molecule has 2 fully saturated rings. The molecule has 15 heavy (non-hydrogen) atoms. The summed E-state index contributed by atoms with van der Waals surface area (Å²) in [6, 6.07) is 0.381. The van der Waals surface area contributed by atoms with E-state index in [-0.39, 0.29) is 12.0 Å². The Bertz CT molecular complexity index is 221. The first-order valence-electron chi connectivity index (χ1n) is 5.95. The summed E-state index contributed by atoms with van der Waals surface area (Å²) in [4.78, 5) is 14.1. The second-order valence-electron chi connectivity index (χ2n) is 4.27. The van der Waals surface area contributed by atoms with Crippen LogP contribution in [0, 0.1) is 0 Å². The van der Waals surface area contributed by atoms with Gasteiger partial charge in [0, 0.05) is 25.7 Å². The Morgan fingerprint density at radius 1 is 1.53 bits per heavy atom. The van der Waals surface area contributed by atoms with E-state index >= 15 is 0 Å². The largest absolute Gasteiger partial charge is 0.368 e. The van der Waals surface area contributed by atoms with Gasteiger partial charge in [-0.3, -0.25) is 4.79 Å². The molecular weight excluding hydrogens is 192 g/mol. The van der Waals surface area contributed by atoms with E-state index in [1.165, 1.54) is 0 Å². The topological polar surface area (TPSA) is 41.6 Å². The van der Waals surface area contributed by atoms with E-state index in [1.807, 2.05) is 11.8 Å². The van der Waals surface area contributed by atoms with Gasteiger partial charge in [0.25, 0.3) is 5.91 Å². The van der Waals surface area contributed by atoms with Gasteiger partial charge in [-0.15, -0.1) is 0 Å². The molecule has 1 N–H and O–H groups in total. The normalized spacial score (nSPS) is 30.7. The molecule has 2 saturated heterocycles. The maximum atomic E-state index is 12.1. The summed E-state index contributed by atoms with van der Waals surface area (Å²) in [6.07, 6.45) is 2.84. The van der Waals surface area contributed by atoms with Crippen molar-refractivity contribution < 1.29 is 9.53 Å². The van der Waals surface area contributed by atoms with Crippen LogP contribution in [0.1, 0.15) is 26.2 Å². The van der Waals surface area contributed by atoms with Crippen LogP contribution in [0.4, 0.5) is 0 Å². The number of hydrogen-bond acceptors (Lipinski definition) is 3. The highest BCUT2D eigenvalue weighted by Crippen LogP contribution is 2.18. The van der Waals surface area contributed by atoms with Crippen molar-refractivity contribution >= 4 is 5.91 Å². The highest BCUT2D eigenvalue weighted by Gasteiger charge is 2.32. The third-order valence-corrected chi connectivity index (χ3v) is 3.30.